The van der Waals surface area contributed by atoms with Crippen molar-refractivity contribution in [2.75, 3.05) is 10.6 Å². The topological polar surface area (TPSA) is 67.4 Å². The summed E-state index contributed by atoms with van der Waals surface area (Å²) in [5.41, 5.74) is 3.51. The molecule has 3 aromatic rings. The highest BCUT2D eigenvalue weighted by Gasteiger charge is 2.29. The van der Waals surface area contributed by atoms with Crippen LogP contribution in [0.5, 0.6) is 5.75 Å². The molecule has 30 heavy (non-hydrogen) atoms. The summed E-state index contributed by atoms with van der Waals surface area (Å²) in [5, 5.41) is 5.73. The molecule has 1 unspecified atom stereocenters. The van der Waals surface area contributed by atoms with Crippen LogP contribution in [0.2, 0.25) is 0 Å². The molecule has 5 heteroatoms. The fraction of sp³-hybridized carbons (Fsp3) is 0.200. The van der Waals surface area contributed by atoms with E-state index in [0.717, 1.165) is 24.0 Å². The monoisotopic (exact) mass is 400 g/mol. The van der Waals surface area contributed by atoms with E-state index in [2.05, 4.69) is 10.6 Å². The number of amides is 2. The predicted molar refractivity (Wildman–Crippen MR) is 118 cm³/mol. The molecule has 0 aromatic heterocycles. The Hall–Kier alpha value is -3.60. The van der Waals surface area contributed by atoms with Gasteiger partial charge in [0.15, 0.2) is 6.10 Å². The molecular weight excluding hydrogens is 376 g/mol. The van der Waals surface area contributed by atoms with E-state index >= 15 is 0 Å². The van der Waals surface area contributed by atoms with Crippen molar-refractivity contribution in [1.29, 1.82) is 0 Å². The van der Waals surface area contributed by atoms with Gasteiger partial charge in [-0.2, -0.15) is 0 Å². The minimum Gasteiger partial charge on any atom is -0.481 e. The number of hydrogen-bond acceptors (Lipinski definition) is 3. The molecular formula is C25H24N2O3. The number of benzene rings is 3. The van der Waals surface area contributed by atoms with E-state index in [0.29, 0.717) is 17.1 Å². The average molecular weight is 400 g/mol. The molecule has 5 nitrogen and oxygen atoms in total. The average Bonchev–Trinajstić information content (AvgIpc) is 3.61. The lowest BCUT2D eigenvalue weighted by molar-refractivity contribution is -0.122. The molecule has 0 saturated heterocycles. The van der Waals surface area contributed by atoms with Crippen LogP contribution < -0.4 is 15.4 Å². The zero-order valence-corrected chi connectivity index (χ0v) is 16.8. The SMILES string of the molecule is CC(Oc1ccc(-c2ccccc2)cc1)C(=O)Nc1cccc(NC(=O)C2CC2)c1. The lowest BCUT2D eigenvalue weighted by Crippen LogP contribution is -2.30. The maximum Gasteiger partial charge on any atom is 0.265 e. The molecule has 1 aliphatic rings. The summed E-state index contributed by atoms with van der Waals surface area (Å²) in [5.74, 6) is 0.537. The van der Waals surface area contributed by atoms with Crippen molar-refractivity contribution < 1.29 is 14.3 Å². The van der Waals surface area contributed by atoms with Gasteiger partial charge in [-0.25, -0.2) is 0 Å². The second-order valence-electron chi connectivity index (χ2n) is 7.48. The van der Waals surface area contributed by atoms with Crippen molar-refractivity contribution in [2.24, 2.45) is 5.92 Å². The van der Waals surface area contributed by atoms with Crippen LogP contribution in [0.4, 0.5) is 11.4 Å². The summed E-state index contributed by atoms with van der Waals surface area (Å²) in [6.07, 6.45) is 1.23. The van der Waals surface area contributed by atoms with Crippen LogP contribution in [-0.2, 0) is 9.59 Å². The largest absolute Gasteiger partial charge is 0.481 e. The Morgan fingerprint density at radius 3 is 2.13 bits per heavy atom. The summed E-state index contributed by atoms with van der Waals surface area (Å²) < 4.78 is 5.79. The van der Waals surface area contributed by atoms with Gasteiger partial charge in [0.05, 0.1) is 0 Å². The normalized spacial score (nSPS) is 13.9. The summed E-state index contributed by atoms with van der Waals surface area (Å²) in [7, 11) is 0. The molecule has 0 spiro atoms. The molecule has 0 bridgehead atoms. The highest BCUT2D eigenvalue weighted by atomic mass is 16.5. The van der Waals surface area contributed by atoms with Gasteiger partial charge < -0.3 is 15.4 Å². The van der Waals surface area contributed by atoms with Gasteiger partial charge in [0.1, 0.15) is 5.75 Å². The van der Waals surface area contributed by atoms with Crippen LogP contribution in [0, 0.1) is 5.92 Å². The van der Waals surface area contributed by atoms with Crippen LogP contribution in [0.1, 0.15) is 19.8 Å². The Morgan fingerprint density at radius 2 is 1.47 bits per heavy atom. The van der Waals surface area contributed by atoms with Crippen LogP contribution in [0.3, 0.4) is 0 Å². The zero-order valence-electron chi connectivity index (χ0n) is 16.8. The third-order valence-electron chi connectivity index (χ3n) is 4.99. The van der Waals surface area contributed by atoms with Crippen molar-refractivity contribution in [3.8, 4) is 16.9 Å². The van der Waals surface area contributed by atoms with E-state index < -0.39 is 6.10 Å². The van der Waals surface area contributed by atoms with Crippen molar-refractivity contribution >= 4 is 23.2 Å². The molecule has 1 saturated carbocycles. The number of rotatable bonds is 7. The Labute approximate surface area is 176 Å². The Morgan fingerprint density at radius 1 is 0.833 bits per heavy atom. The first-order valence-corrected chi connectivity index (χ1v) is 10.1. The molecule has 0 radical (unpaired) electrons. The fourth-order valence-corrected chi connectivity index (χ4v) is 3.12. The summed E-state index contributed by atoms with van der Waals surface area (Å²) in [6.45, 7) is 1.71. The number of hydrogen-bond donors (Lipinski definition) is 2. The zero-order chi connectivity index (χ0) is 20.9. The van der Waals surface area contributed by atoms with Gasteiger partial charge in [0, 0.05) is 17.3 Å². The van der Waals surface area contributed by atoms with E-state index in [-0.39, 0.29) is 17.7 Å². The van der Waals surface area contributed by atoms with Gasteiger partial charge >= 0.3 is 0 Å². The Bertz CT molecular complexity index is 1030. The quantitative estimate of drug-likeness (QED) is 0.579. The first kappa shape index (κ1) is 19.7. The van der Waals surface area contributed by atoms with Crippen molar-refractivity contribution in [3.63, 3.8) is 0 Å². The van der Waals surface area contributed by atoms with Gasteiger partial charge in [0.25, 0.3) is 5.91 Å². The van der Waals surface area contributed by atoms with Crippen LogP contribution in [-0.4, -0.2) is 17.9 Å². The summed E-state index contributed by atoms with van der Waals surface area (Å²) >= 11 is 0. The second kappa shape index (κ2) is 8.82. The van der Waals surface area contributed by atoms with E-state index in [1.165, 1.54) is 0 Å². The van der Waals surface area contributed by atoms with Crippen molar-refractivity contribution in [3.05, 3.63) is 78.9 Å². The first-order chi connectivity index (χ1) is 14.6. The molecule has 0 heterocycles. The lowest BCUT2D eigenvalue weighted by Gasteiger charge is -2.15. The number of ether oxygens (including phenoxy) is 1. The fourth-order valence-electron chi connectivity index (χ4n) is 3.12. The third kappa shape index (κ3) is 5.06. The lowest BCUT2D eigenvalue weighted by atomic mass is 10.1. The first-order valence-electron chi connectivity index (χ1n) is 10.1. The molecule has 3 aromatic carbocycles. The highest BCUT2D eigenvalue weighted by molar-refractivity contribution is 5.97. The minimum atomic E-state index is -0.669. The standard InChI is InChI=1S/C25H24N2O3/c1-17(30-23-14-12-19(13-15-23)18-6-3-2-4-7-18)24(28)26-21-8-5-9-22(16-21)27-25(29)20-10-11-20/h2-9,12-17,20H,10-11H2,1H3,(H,26,28)(H,27,29). The van der Waals surface area contributed by atoms with Crippen LogP contribution >= 0.6 is 0 Å². The maximum absolute atomic E-state index is 12.5. The van der Waals surface area contributed by atoms with E-state index in [1.807, 2.05) is 60.7 Å². The number of carbonyl (C=O) groups excluding carboxylic acids is 2. The van der Waals surface area contributed by atoms with Gasteiger partial charge in [-0.1, -0.05) is 48.5 Å². The molecule has 1 aliphatic carbocycles. The van der Waals surface area contributed by atoms with Crippen LogP contribution in [0.15, 0.2) is 78.9 Å². The van der Waals surface area contributed by atoms with E-state index in [4.69, 9.17) is 4.74 Å². The molecule has 4 rings (SSSR count). The molecule has 2 N–H and O–H groups in total. The van der Waals surface area contributed by atoms with Gasteiger partial charge in [0.2, 0.25) is 5.91 Å². The molecule has 1 atom stereocenters. The van der Waals surface area contributed by atoms with E-state index in [9.17, 15) is 9.59 Å². The summed E-state index contributed by atoms with van der Waals surface area (Å²) in [6, 6.07) is 24.9. The molecule has 152 valence electrons. The predicted octanol–water partition coefficient (Wildman–Crippen LogP) is 5.11. The smallest absolute Gasteiger partial charge is 0.265 e. The van der Waals surface area contributed by atoms with Gasteiger partial charge in [-0.05, 0) is 61.2 Å². The summed E-state index contributed by atoms with van der Waals surface area (Å²) in [4.78, 5) is 24.4. The Balaban J connectivity index is 1.34. The van der Waals surface area contributed by atoms with Crippen molar-refractivity contribution in [2.45, 2.75) is 25.9 Å². The van der Waals surface area contributed by atoms with Gasteiger partial charge in [-0.15, -0.1) is 0 Å². The second-order valence-corrected chi connectivity index (χ2v) is 7.48. The Kier molecular flexibility index (Phi) is 5.80. The number of anilines is 2. The van der Waals surface area contributed by atoms with Gasteiger partial charge in [-0.3, -0.25) is 9.59 Å². The number of carbonyl (C=O) groups is 2. The highest BCUT2D eigenvalue weighted by Crippen LogP contribution is 2.30. The molecule has 0 aliphatic heterocycles. The van der Waals surface area contributed by atoms with Crippen LogP contribution in [0.25, 0.3) is 11.1 Å². The molecule has 1 fully saturated rings. The van der Waals surface area contributed by atoms with Crippen molar-refractivity contribution in [1.82, 2.24) is 0 Å². The number of nitrogens with one attached hydrogen (secondary N) is 2. The van der Waals surface area contributed by atoms with E-state index in [1.54, 1.807) is 25.1 Å². The molecule has 2 amide bonds. The maximum atomic E-state index is 12.5. The minimum absolute atomic E-state index is 0.0362. The third-order valence-corrected chi connectivity index (χ3v) is 4.99.